The zero-order valence-corrected chi connectivity index (χ0v) is 15.6. The second-order valence-electron chi connectivity index (χ2n) is 6.07. The van der Waals surface area contributed by atoms with Crippen LogP contribution in [0.5, 0.6) is 0 Å². The number of hydrogen-bond acceptors (Lipinski definition) is 4. The molecule has 5 aromatic rings. The van der Waals surface area contributed by atoms with Crippen LogP contribution in [0.4, 0.5) is 11.5 Å². The molecule has 0 unspecified atom stereocenters. The molecule has 0 aliphatic heterocycles. The van der Waals surface area contributed by atoms with Gasteiger partial charge in [-0.2, -0.15) is 0 Å². The lowest BCUT2D eigenvalue weighted by molar-refractivity contribution is 0.928. The van der Waals surface area contributed by atoms with E-state index >= 15 is 0 Å². The van der Waals surface area contributed by atoms with Crippen LogP contribution in [-0.4, -0.2) is 19.5 Å². The monoisotopic (exact) mass is 355 g/mol. The molecule has 0 fully saturated rings. The van der Waals surface area contributed by atoms with Gasteiger partial charge in [-0.15, -0.1) is 0 Å². The Labute approximate surface area is 157 Å². The summed E-state index contributed by atoms with van der Waals surface area (Å²) in [6.45, 7) is 4.00. The summed E-state index contributed by atoms with van der Waals surface area (Å²) in [5, 5.41) is 8.21. The van der Waals surface area contributed by atoms with Crippen LogP contribution in [0.2, 0.25) is 0 Å². The first kappa shape index (κ1) is 17.0. The number of nitrogens with zero attached hydrogens (tertiary/aromatic N) is 4. The van der Waals surface area contributed by atoms with Gasteiger partial charge in [-0.1, -0.05) is 62.4 Å². The summed E-state index contributed by atoms with van der Waals surface area (Å²) in [5.41, 5.74) is 2.61. The number of fused-ring (bicyclic) bond motifs is 3. The average Bonchev–Trinajstić information content (AvgIpc) is 3.11. The quantitative estimate of drug-likeness (QED) is 0.428. The van der Waals surface area contributed by atoms with E-state index in [2.05, 4.69) is 74.9 Å². The molecule has 0 aliphatic carbocycles. The van der Waals surface area contributed by atoms with E-state index in [0.717, 1.165) is 27.6 Å². The topological polar surface area (TPSA) is 55.6 Å². The molecular weight excluding hydrogens is 334 g/mol. The van der Waals surface area contributed by atoms with Crippen molar-refractivity contribution in [2.75, 3.05) is 5.32 Å². The van der Waals surface area contributed by atoms with E-state index in [4.69, 9.17) is 0 Å². The number of nitrogens with one attached hydrogen (secondary N) is 1. The lowest BCUT2D eigenvalue weighted by atomic mass is 10.0. The zero-order chi connectivity index (χ0) is 18.8. The summed E-state index contributed by atoms with van der Waals surface area (Å²) in [4.78, 5) is 13.2. The second kappa shape index (κ2) is 7.03. The first-order valence-electron chi connectivity index (χ1n) is 9.11. The van der Waals surface area contributed by atoms with Gasteiger partial charge in [0.1, 0.15) is 6.33 Å². The minimum Gasteiger partial charge on any atom is -0.337 e. The van der Waals surface area contributed by atoms with E-state index in [0.29, 0.717) is 5.82 Å². The zero-order valence-electron chi connectivity index (χ0n) is 15.6. The van der Waals surface area contributed by atoms with Gasteiger partial charge in [0, 0.05) is 17.8 Å². The highest BCUT2D eigenvalue weighted by atomic mass is 15.1. The van der Waals surface area contributed by atoms with Gasteiger partial charge < -0.3 is 9.88 Å². The molecule has 0 aliphatic rings. The number of imidazole rings is 1. The van der Waals surface area contributed by atoms with Crippen molar-refractivity contribution in [3.63, 3.8) is 0 Å². The summed E-state index contributed by atoms with van der Waals surface area (Å²) in [6.07, 6.45) is 3.32. The Hall–Kier alpha value is -3.47. The summed E-state index contributed by atoms with van der Waals surface area (Å²) >= 11 is 0. The van der Waals surface area contributed by atoms with E-state index < -0.39 is 0 Å². The molecule has 0 spiro atoms. The predicted octanol–water partition coefficient (Wildman–Crippen LogP) is 5.44. The van der Waals surface area contributed by atoms with E-state index in [-0.39, 0.29) is 0 Å². The number of rotatable bonds is 2. The Morgan fingerprint density at radius 2 is 1.44 bits per heavy atom. The van der Waals surface area contributed by atoms with E-state index in [1.807, 2.05) is 25.5 Å². The van der Waals surface area contributed by atoms with Crippen LogP contribution in [-0.2, 0) is 7.05 Å². The smallest absolute Gasteiger partial charge is 0.165 e. The number of anilines is 2. The third-order valence-electron chi connectivity index (χ3n) is 4.51. The number of hydrogen-bond donors (Lipinski definition) is 1. The number of aryl methyl sites for hydroxylation is 1. The Bertz CT molecular complexity index is 1190. The van der Waals surface area contributed by atoms with Crippen LogP contribution >= 0.6 is 0 Å². The van der Waals surface area contributed by atoms with Gasteiger partial charge in [-0.25, -0.2) is 15.0 Å². The van der Waals surface area contributed by atoms with Gasteiger partial charge in [0.05, 0.1) is 12.0 Å². The summed E-state index contributed by atoms with van der Waals surface area (Å²) in [6, 6.07) is 18.9. The standard InChI is InChI=1S/C20H15N5.C2H6/c1-25-12-23-18-19(21-11-22-20(18)25)24-17-15-8-4-2-6-13(15)10-14-7-3-5-9-16(14)17;1-2/h2-12H,1H3,(H,21,22,24);1-2H3. The molecule has 27 heavy (non-hydrogen) atoms. The maximum Gasteiger partial charge on any atom is 0.165 e. The van der Waals surface area contributed by atoms with Crippen molar-refractivity contribution in [1.82, 2.24) is 19.5 Å². The van der Waals surface area contributed by atoms with Crippen LogP contribution in [0.25, 0.3) is 32.7 Å². The highest BCUT2D eigenvalue weighted by Gasteiger charge is 2.12. The highest BCUT2D eigenvalue weighted by molar-refractivity contribution is 6.12. The van der Waals surface area contributed by atoms with Crippen LogP contribution in [0.3, 0.4) is 0 Å². The normalized spacial score (nSPS) is 10.8. The van der Waals surface area contributed by atoms with Crippen molar-refractivity contribution in [3.05, 3.63) is 67.3 Å². The molecule has 1 N–H and O–H groups in total. The largest absolute Gasteiger partial charge is 0.337 e. The van der Waals surface area contributed by atoms with Gasteiger partial charge in [0.25, 0.3) is 0 Å². The van der Waals surface area contributed by atoms with E-state index in [9.17, 15) is 0 Å². The summed E-state index contributed by atoms with van der Waals surface area (Å²) < 4.78 is 1.89. The molecule has 5 heteroatoms. The van der Waals surface area contributed by atoms with Crippen molar-refractivity contribution >= 4 is 44.2 Å². The maximum absolute atomic E-state index is 4.45. The predicted molar refractivity (Wildman–Crippen MR) is 112 cm³/mol. The van der Waals surface area contributed by atoms with Crippen molar-refractivity contribution in [2.24, 2.45) is 7.05 Å². The van der Waals surface area contributed by atoms with Gasteiger partial charge >= 0.3 is 0 Å². The molecule has 0 saturated heterocycles. The molecule has 0 atom stereocenters. The molecule has 2 aromatic heterocycles. The van der Waals surface area contributed by atoms with Gasteiger partial charge in [-0.05, 0) is 16.8 Å². The van der Waals surface area contributed by atoms with Gasteiger partial charge in [0.15, 0.2) is 17.0 Å². The Balaban J connectivity index is 0.000000872. The molecule has 0 bridgehead atoms. The molecule has 0 amide bonds. The summed E-state index contributed by atoms with van der Waals surface area (Å²) in [7, 11) is 1.93. The van der Waals surface area contributed by atoms with Crippen molar-refractivity contribution in [1.29, 1.82) is 0 Å². The molecule has 5 nitrogen and oxygen atoms in total. The SMILES string of the molecule is CC.Cn1cnc2c(Nc3c4ccccc4cc4ccccc34)ncnc21. The first-order chi connectivity index (χ1) is 13.3. The van der Waals surface area contributed by atoms with Crippen LogP contribution in [0, 0.1) is 0 Å². The average molecular weight is 355 g/mol. The highest BCUT2D eigenvalue weighted by Crippen LogP contribution is 2.35. The Kier molecular flexibility index (Phi) is 4.42. The number of benzene rings is 3. The van der Waals surface area contributed by atoms with Crippen molar-refractivity contribution in [3.8, 4) is 0 Å². The molecule has 134 valence electrons. The molecule has 0 saturated carbocycles. The summed E-state index contributed by atoms with van der Waals surface area (Å²) in [5.74, 6) is 0.715. The van der Waals surface area contributed by atoms with Crippen LogP contribution in [0.15, 0.2) is 67.3 Å². The van der Waals surface area contributed by atoms with Crippen LogP contribution < -0.4 is 5.32 Å². The maximum atomic E-state index is 4.45. The molecule has 2 heterocycles. The minimum atomic E-state index is 0.715. The third kappa shape index (κ3) is 2.87. The fourth-order valence-corrected chi connectivity index (χ4v) is 3.30. The lowest BCUT2D eigenvalue weighted by Gasteiger charge is -2.13. The van der Waals surface area contributed by atoms with E-state index in [1.165, 1.54) is 10.8 Å². The fourth-order valence-electron chi connectivity index (χ4n) is 3.30. The Morgan fingerprint density at radius 1 is 0.815 bits per heavy atom. The van der Waals surface area contributed by atoms with Gasteiger partial charge in [0.2, 0.25) is 0 Å². The first-order valence-corrected chi connectivity index (χ1v) is 9.11. The van der Waals surface area contributed by atoms with E-state index in [1.54, 1.807) is 12.7 Å². The second-order valence-corrected chi connectivity index (χ2v) is 6.07. The van der Waals surface area contributed by atoms with Gasteiger partial charge in [-0.3, -0.25) is 0 Å². The minimum absolute atomic E-state index is 0.715. The number of aromatic nitrogens is 4. The van der Waals surface area contributed by atoms with Crippen molar-refractivity contribution in [2.45, 2.75) is 13.8 Å². The molecule has 0 radical (unpaired) electrons. The third-order valence-corrected chi connectivity index (χ3v) is 4.51. The molecule has 5 rings (SSSR count). The molecular formula is C22H21N5. The molecule has 3 aromatic carbocycles. The lowest BCUT2D eigenvalue weighted by Crippen LogP contribution is -1.98. The Morgan fingerprint density at radius 3 is 2.11 bits per heavy atom. The van der Waals surface area contributed by atoms with Crippen molar-refractivity contribution < 1.29 is 0 Å². The fraction of sp³-hybridized carbons (Fsp3) is 0.136. The van der Waals surface area contributed by atoms with Crippen LogP contribution in [0.1, 0.15) is 13.8 Å².